The third-order valence-corrected chi connectivity index (χ3v) is 5.37. The number of hydrogen-bond donors (Lipinski definition) is 2. The molecule has 1 aromatic rings. The Bertz CT molecular complexity index is 399. The molecule has 2 rings (SSSR count). The fourth-order valence-electron chi connectivity index (χ4n) is 2.48. The van der Waals surface area contributed by atoms with Crippen LogP contribution in [0.5, 0.6) is 5.75 Å². The third kappa shape index (κ3) is 3.65. The smallest absolute Gasteiger partial charge is 0.129 e. The Hall–Kier alpha value is -0.190. The molecule has 2 N–H and O–H groups in total. The Morgan fingerprint density at radius 3 is 3.00 bits per heavy atom. The molecule has 0 radical (unpaired) electrons. The van der Waals surface area contributed by atoms with E-state index in [1.165, 1.54) is 30.6 Å². The van der Waals surface area contributed by atoms with E-state index in [4.69, 9.17) is 0 Å². The van der Waals surface area contributed by atoms with E-state index in [-0.39, 0.29) is 0 Å². The molecule has 0 saturated heterocycles. The molecule has 2 nitrogen and oxygen atoms in total. The molecule has 1 aliphatic rings. The first-order valence-corrected chi connectivity index (χ1v) is 8.37. The third-order valence-electron chi connectivity index (χ3n) is 3.41. The van der Waals surface area contributed by atoms with Crippen LogP contribution < -0.4 is 5.32 Å². The Morgan fingerprint density at radius 2 is 2.28 bits per heavy atom. The minimum absolute atomic E-state index is 0.305. The van der Waals surface area contributed by atoms with Gasteiger partial charge in [0.05, 0.1) is 4.47 Å². The first kappa shape index (κ1) is 14.2. The van der Waals surface area contributed by atoms with Gasteiger partial charge in [0.2, 0.25) is 0 Å². The molecule has 0 aliphatic heterocycles. The number of benzene rings is 1. The van der Waals surface area contributed by atoms with Gasteiger partial charge in [0.1, 0.15) is 5.75 Å². The molecular weight excluding hydrogens is 310 g/mol. The number of rotatable bonds is 5. The van der Waals surface area contributed by atoms with E-state index < -0.39 is 0 Å². The molecule has 0 amide bonds. The molecule has 4 heteroatoms. The van der Waals surface area contributed by atoms with Crippen molar-refractivity contribution < 1.29 is 5.11 Å². The summed E-state index contributed by atoms with van der Waals surface area (Å²) < 4.78 is 0.771. The summed E-state index contributed by atoms with van der Waals surface area (Å²) in [6.45, 7) is 3.11. The summed E-state index contributed by atoms with van der Waals surface area (Å²) in [6.07, 6.45) is 3.97. The highest BCUT2D eigenvalue weighted by molar-refractivity contribution is 9.10. The summed E-state index contributed by atoms with van der Waals surface area (Å²) in [5.74, 6) is 1.51. The maximum absolute atomic E-state index is 9.46. The summed E-state index contributed by atoms with van der Waals surface area (Å²) in [4.78, 5) is 0. The monoisotopic (exact) mass is 329 g/mol. The maximum atomic E-state index is 9.46. The number of thioether (sulfide) groups is 1. The number of phenolic OH excluding ortho intramolecular Hbond substituents is 1. The van der Waals surface area contributed by atoms with Crippen LogP contribution in [0.3, 0.4) is 0 Å². The van der Waals surface area contributed by atoms with Crippen molar-refractivity contribution in [2.75, 3.05) is 5.75 Å². The fraction of sp³-hybridized carbons (Fsp3) is 0.571. The van der Waals surface area contributed by atoms with Crippen molar-refractivity contribution in [1.82, 2.24) is 5.32 Å². The van der Waals surface area contributed by atoms with Crippen LogP contribution in [0.2, 0.25) is 0 Å². The van der Waals surface area contributed by atoms with Crippen molar-refractivity contribution in [2.45, 2.75) is 44.0 Å². The first-order chi connectivity index (χ1) is 8.70. The molecule has 0 heterocycles. The molecule has 0 bridgehead atoms. The number of halogens is 1. The molecule has 0 aromatic heterocycles. The van der Waals surface area contributed by atoms with Gasteiger partial charge < -0.3 is 10.4 Å². The normalized spacial score (nSPS) is 23.4. The highest BCUT2D eigenvalue weighted by Crippen LogP contribution is 2.30. The lowest BCUT2D eigenvalue weighted by Gasteiger charge is -2.20. The second-order valence-electron chi connectivity index (χ2n) is 4.70. The van der Waals surface area contributed by atoms with Gasteiger partial charge in [-0.3, -0.25) is 0 Å². The molecule has 1 fully saturated rings. The molecule has 2 atom stereocenters. The molecule has 18 heavy (non-hydrogen) atoms. The van der Waals surface area contributed by atoms with Crippen molar-refractivity contribution >= 4 is 27.7 Å². The molecule has 0 spiro atoms. The largest absolute Gasteiger partial charge is 0.507 e. The van der Waals surface area contributed by atoms with E-state index in [0.29, 0.717) is 11.8 Å². The maximum Gasteiger partial charge on any atom is 0.129 e. The Kier molecular flexibility index (Phi) is 5.39. The molecule has 1 saturated carbocycles. The zero-order valence-electron chi connectivity index (χ0n) is 10.7. The van der Waals surface area contributed by atoms with Crippen LogP contribution in [0.1, 0.15) is 31.7 Å². The average molecular weight is 330 g/mol. The van der Waals surface area contributed by atoms with Crippen LogP contribution in [-0.2, 0) is 6.54 Å². The van der Waals surface area contributed by atoms with Crippen molar-refractivity contribution in [1.29, 1.82) is 0 Å². The van der Waals surface area contributed by atoms with Crippen LogP contribution in [0.4, 0.5) is 0 Å². The van der Waals surface area contributed by atoms with E-state index in [0.717, 1.165) is 16.3 Å². The van der Waals surface area contributed by atoms with Crippen LogP contribution in [0.15, 0.2) is 22.7 Å². The first-order valence-electron chi connectivity index (χ1n) is 6.53. The summed E-state index contributed by atoms with van der Waals surface area (Å²) in [7, 11) is 0. The standard InChI is InChI=1S/C14H20BrNOS/c1-2-18-14-5-3-4-12(14)16-9-10-6-7-13(17)11(15)8-10/h6-8,12,14,16-17H,2-5,9H2,1H3. The number of hydrogen-bond acceptors (Lipinski definition) is 3. The van der Waals surface area contributed by atoms with E-state index in [9.17, 15) is 5.11 Å². The predicted octanol–water partition coefficient (Wildman–Crippen LogP) is 3.92. The topological polar surface area (TPSA) is 32.3 Å². The molecular formula is C14H20BrNOS. The van der Waals surface area contributed by atoms with Gasteiger partial charge in [-0.15, -0.1) is 0 Å². The average Bonchev–Trinajstić information content (AvgIpc) is 2.79. The fourth-order valence-corrected chi connectivity index (χ4v) is 4.13. The zero-order chi connectivity index (χ0) is 13.0. The van der Waals surface area contributed by atoms with Gasteiger partial charge in [-0.25, -0.2) is 0 Å². The van der Waals surface area contributed by atoms with Crippen molar-refractivity contribution in [3.05, 3.63) is 28.2 Å². The summed E-state index contributed by atoms with van der Waals surface area (Å²) in [5.41, 5.74) is 1.21. The van der Waals surface area contributed by atoms with Gasteiger partial charge in [-0.05, 0) is 52.2 Å². The second-order valence-corrected chi connectivity index (χ2v) is 7.07. The van der Waals surface area contributed by atoms with E-state index >= 15 is 0 Å². The van der Waals surface area contributed by atoms with Crippen LogP contribution in [-0.4, -0.2) is 22.2 Å². The van der Waals surface area contributed by atoms with Gasteiger partial charge in [0.25, 0.3) is 0 Å². The van der Waals surface area contributed by atoms with Crippen molar-refractivity contribution in [3.8, 4) is 5.75 Å². The quantitative estimate of drug-likeness (QED) is 0.858. The Morgan fingerprint density at radius 1 is 1.44 bits per heavy atom. The van der Waals surface area contributed by atoms with Gasteiger partial charge in [-0.1, -0.05) is 19.4 Å². The lowest BCUT2D eigenvalue weighted by Crippen LogP contribution is -2.33. The summed E-state index contributed by atoms with van der Waals surface area (Å²) in [5, 5.41) is 13.9. The van der Waals surface area contributed by atoms with Gasteiger partial charge in [-0.2, -0.15) is 11.8 Å². The minimum Gasteiger partial charge on any atom is -0.507 e. The molecule has 1 aromatic carbocycles. The van der Waals surface area contributed by atoms with Gasteiger partial charge in [0.15, 0.2) is 0 Å². The van der Waals surface area contributed by atoms with Gasteiger partial charge >= 0.3 is 0 Å². The summed E-state index contributed by atoms with van der Waals surface area (Å²) >= 11 is 5.43. The van der Waals surface area contributed by atoms with E-state index in [2.05, 4.69) is 39.9 Å². The lowest BCUT2D eigenvalue weighted by atomic mass is 10.2. The SMILES string of the molecule is CCSC1CCCC1NCc1ccc(O)c(Br)c1. The zero-order valence-corrected chi connectivity index (χ0v) is 13.1. The second kappa shape index (κ2) is 6.83. The van der Waals surface area contributed by atoms with Crippen LogP contribution in [0.25, 0.3) is 0 Å². The Balaban J connectivity index is 1.88. The predicted molar refractivity (Wildman–Crippen MR) is 82.2 cm³/mol. The van der Waals surface area contributed by atoms with Gasteiger partial charge in [0, 0.05) is 17.8 Å². The lowest BCUT2D eigenvalue weighted by molar-refractivity contribution is 0.471. The number of nitrogens with one attached hydrogen (secondary N) is 1. The van der Waals surface area contributed by atoms with Crippen molar-refractivity contribution in [2.24, 2.45) is 0 Å². The molecule has 1 aliphatic carbocycles. The highest BCUT2D eigenvalue weighted by Gasteiger charge is 2.26. The summed E-state index contributed by atoms with van der Waals surface area (Å²) in [6, 6.07) is 6.35. The van der Waals surface area contributed by atoms with Crippen molar-refractivity contribution in [3.63, 3.8) is 0 Å². The number of aromatic hydroxyl groups is 1. The Labute approximate surface area is 122 Å². The van der Waals surface area contributed by atoms with E-state index in [1.54, 1.807) is 6.07 Å². The molecule has 2 unspecified atom stereocenters. The number of phenols is 1. The molecule has 100 valence electrons. The van der Waals surface area contributed by atoms with Crippen LogP contribution in [0, 0.1) is 0 Å². The van der Waals surface area contributed by atoms with Crippen LogP contribution >= 0.6 is 27.7 Å². The van der Waals surface area contributed by atoms with E-state index in [1.807, 2.05) is 12.1 Å². The highest BCUT2D eigenvalue weighted by atomic mass is 79.9. The minimum atomic E-state index is 0.305.